The van der Waals surface area contributed by atoms with Gasteiger partial charge in [0.05, 0.1) is 32.1 Å². The van der Waals surface area contributed by atoms with Crippen molar-refractivity contribution in [2.75, 3.05) is 24.2 Å². The molecule has 0 spiro atoms. The predicted octanol–water partition coefficient (Wildman–Crippen LogP) is 1.59. The third-order valence-corrected chi connectivity index (χ3v) is 5.80. The van der Waals surface area contributed by atoms with Crippen LogP contribution in [0.4, 0.5) is 5.69 Å². The summed E-state index contributed by atoms with van der Waals surface area (Å²) in [5, 5.41) is 6.56. The first-order chi connectivity index (χ1) is 14.8. The number of hydrogen-bond acceptors (Lipinski definition) is 8. The minimum absolute atomic E-state index is 0.0254. The monoisotopic (exact) mass is 444 g/mol. The molecule has 0 saturated heterocycles. The number of benzene rings is 2. The lowest BCUT2D eigenvalue weighted by Gasteiger charge is -2.33. The Hall–Kier alpha value is -3.60. The Balaban J connectivity index is 1.43. The maximum absolute atomic E-state index is 12.6. The molecule has 1 aliphatic heterocycles. The summed E-state index contributed by atoms with van der Waals surface area (Å²) in [5.74, 6) is 1.11. The molecular weight excluding hydrogens is 424 g/mol. The van der Waals surface area contributed by atoms with Crippen molar-refractivity contribution in [2.45, 2.75) is 12.6 Å². The molecule has 4 rings (SSSR count). The van der Waals surface area contributed by atoms with Gasteiger partial charge in [0.25, 0.3) is 5.91 Å². The lowest BCUT2D eigenvalue weighted by Crippen LogP contribution is -2.50. The van der Waals surface area contributed by atoms with Gasteiger partial charge in [-0.1, -0.05) is 17.3 Å². The molecular formula is C20H20N4O6S. The summed E-state index contributed by atoms with van der Waals surface area (Å²) >= 11 is 0. The standard InChI is InChI=1S/C20H20N4O6S/c1-28-14-9-7-13(8-10-14)19-22-18(30-23-19)11-21-20(25)17-12-24(31(2,26)27)15-5-3-4-6-16(15)29-17/h3-10,17H,11-12H2,1-2H3,(H,21,25). The van der Waals surface area contributed by atoms with Crippen LogP contribution in [-0.2, 0) is 21.4 Å². The number of anilines is 1. The number of rotatable bonds is 6. The average molecular weight is 444 g/mol. The van der Waals surface area contributed by atoms with Gasteiger partial charge in [0.2, 0.25) is 21.7 Å². The van der Waals surface area contributed by atoms with E-state index in [0.29, 0.717) is 23.0 Å². The SMILES string of the molecule is COc1ccc(-c2noc(CNC(=O)C3CN(S(C)(=O)=O)c4ccccc4O3)n2)cc1. The maximum Gasteiger partial charge on any atom is 0.263 e. The smallest absolute Gasteiger partial charge is 0.263 e. The van der Waals surface area contributed by atoms with E-state index in [1.54, 1.807) is 55.6 Å². The maximum atomic E-state index is 12.6. The number of amides is 1. The van der Waals surface area contributed by atoms with E-state index in [4.69, 9.17) is 14.0 Å². The number of nitrogens with one attached hydrogen (secondary N) is 1. The van der Waals surface area contributed by atoms with Crippen molar-refractivity contribution in [3.05, 3.63) is 54.4 Å². The van der Waals surface area contributed by atoms with E-state index in [0.717, 1.165) is 16.1 Å². The zero-order chi connectivity index (χ0) is 22.0. The number of sulfonamides is 1. The first-order valence-corrected chi connectivity index (χ1v) is 11.2. The van der Waals surface area contributed by atoms with Crippen LogP contribution in [0.5, 0.6) is 11.5 Å². The fourth-order valence-corrected chi connectivity index (χ4v) is 4.03. The van der Waals surface area contributed by atoms with Crippen molar-refractivity contribution in [3.8, 4) is 22.9 Å². The van der Waals surface area contributed by atoms with Gasteiger partial charge >= 0.3 is 0 Å². The number of methoxy groups -OCH3 is 1. The van der Waals surface area contributed by atoms with Crippen LogP contribution in [0.3, 0.4) is 0 Å². The topological polar surface area (TPSA) is 124 Å². The molecule has 1 aromatic heterocycles. The number of carbonyl (C=O) groups excluding carboxylic acids is 1. The van der Waals surface area contributed by atoms with Gasteiger partial charge < -0.3 is 19.3 Å². The number of fused-ring (bicyclic) bond motifs is 1. The zero-order valence-electron chi connectivity index (χ0n) is 16.8. The van der Waals surface area contributed by atoms with Gasteiger partial charge in [-0.3, -0.25) is 9.10 Å². The second kappa shape index (κ2) is 8.26. The molecule has 1 atom stereocenters. The molecule has 0 fully saturated rings. The van der Waals surface area contributed by atoms with Crippen LogP contribution in [0.25, 0.3) is 11.4 Å². The number of carbonyl (C=O) groups is 1. The average Bonchev–Trinajstić information content (AvgIpc) is 3.25. The summed E-state index contributed by atoms with van der Waals surface area (Å²) in [6, 6.07) is 13.8. The molecule has 1 amide bonds. The van der Waals surface area contributed by atoms with E-state index in [9.17, 15) is 13.2 Å². The quantitative estimate of drug-likeness (QED) is 0.608. The fraction of sp³-hybridized carbons (Fsp3) is 0.250. The minimum atomic E-state index is -3.58. The molecule has 2 aromatic carbocycles. The lowest BCUT2D eigenvalue weighted by molar-refractivity contribution is -0.128. The van der Waals surface area contributed by atoms with Gasteiger partial charge in [0, 0.05) is 5.56 Å². The normalized spacial score (nSPS) is 15.7. The largest absolute Gasteiger partial charge is 0.497 e. The van der Waals surface area contributed by atoms with Crippen molar-refractivity contribution in [2.24, 2.45) is 0 Å². The number of nitrogens with zero attached hydrogens (tertiary/aromatic N) is 3. The Labute approximate surface area is 178 Å². The van der Waals surface area contributed by atoms with E-state index in [1.807, 2.05) is 0 Å². The molecule has 162 valence electrons. The summed E-state index contributed by atoms with van der Waals surface area (Å²) in [6.07, 6.45) is 0.0667. The molecule has 10 nitrogen and oxygen atoms in total. The highest BCUT2D eigenvalue weighted by molar-refractivity contribution is 7.92. The van der Waals surface area contributed by atoms with Crippen LogP contribution >= 0.6 is 0 Å². The van der Waals surface area contributed by atoms with E-state index in [1.165, 1.54) is 0 Å². The zero-order valence-corrected chi connectivity index (χ0v) is 17.6. The first kappa shape index (κ1) is 20.7. The van der Waals surface area contributed by atoms with Gasteiger partial charge in [0.15, 0.2) is 6.10 Å². The lowest BCUT2D eigenvalue weighted by atomic mass is 10.2. The van der Waals surface area contributed by atoms with Gasteiger partial charge in [-0.15, -0.1) is 0 Å². The summed E-state index contributed by atoms with van der Waals surface area (Å²) in [7, 11) is -2.00. The van der Waals surface area contributed by atoms with Crippen molar-refractivity contribution in [1.29, 1.82) is 0 Å². The van der Waals surface area contributed by atoms with Crippen molar-refractivity contribution >= 4 is 21.6 Å². The van der Waals surface area contributed by atoms with E-state index < -0.39 is 22.0 Å². The van der Waals surface area contributed by atoms with Gasteiger partial charge in [0.1, 0.15) is 11.5 Å². The Kier molecular flexibility index (Phi) is 5.51. The van der Waals surface area contributed by atoms with E-state index >= 15 is 0 Å². The van der Waals surface area contributed by atoms with Crippen LogP contribution in [0.2, 0.25) is 0 Å². The van der Waals surface area contributed by atoms with Crippen LogP contribution in [0.1, 0.15) is 5.89 Å². The summed E-state index contributed by atoms with van der Waals surface area (Å²) in [6.45, 7) is -0.162. The molecule has 1 aliphatic rings. The molecule has 1 unspecified atom stereocenters. The Morgan fingerprint density at radius 3 is 2.68 bits per heavy atom. The fourth-order valence-electron chi connectivity index (χ4n) is 3.11. The molecule has 1 N–H and O–H groups in total. The summed E-state index contributed by atoms with van der Waals surface area (Å²) in [4.78, 5) is 16.9. The molecule has 0 bridgehead atoms. The highest BCUT2D eigenvalue weighted by Crippen LogP contribution is 2.34. The van der Waals surface area contributed by atoms with Gasteiger partial charge in [-0.05, 0) is 36.4 Å². The molecule has 31 heavy (non-hydrogen) atoms. The number of ether oxygens (including phenoxy) is 2. The number of aromatic nitrogens is 2. The van der Waals surface area contributed by atoms with Crippen LogP contribution in [0.15, 0.2) is 53.1 Å². The van der Waals surface area contributed by atoms with Crippen molar-refractivity contribution in [3.63, 3.8) is 0 Å². The number of para-hydroxylation sites is 2. The third-order valence-electron chi connectivity index (χ3n) is 4.66. The van der Waals surface area contributed by atoms with Crippen molar-refractivity contribution < 1.29 is 27.2 Å². The third kappa shape index (κ3) is 4.45. The molecule has 11 heteroatoms. The summed E-state index contributed by atoms with van der Waals surface area (Å²) in [5.41, 5.74) is 1.13. The van der Waals surface area contributed by atoms with E-state index in [-0.39, 0.29) is 19.0 Å². The Morgan fingerprint density at radius 1 is 1.23 bits per heavy atom. The van der Waals surface area contributed by atoms with Gasteiger partial charge in [-0.2, -0.15) is 4.98 Å². The van der Waals surface area contributed by atoms with Crippen LogP contribution in [-0.4, -0.2) is 50.5 Å². The van der Waals surface area contributed by atoms with Gasteiger partial charge in [-0.25, -0.2) is 8.42 Å². The number of hydrogen-bond donors (Lipinski definition) is 1. The highest BCUT2D eigenvalue weighted by atomic mass is 32.2. The second-order valence-electron chi connectivity index (χ2n) is 6.83. The van der Waals surface area contributed by atoms with Crippen LogP contribution < -0.4 is 19.1 Å². The minimum Gasteiger partial charge on any atom is -0.497 e. The predicted molar refractivity (Wildman–Crippen MR) is 111 cm³/mol. The molecule has 0 aliphatic carbocycles. The van der Waals surface area contributed by atoms with Crippen molar-refractivity contribution in [1.82, 2.24) is 15.5 Å². The van der Waals surface area contributed by atoms with Crippen LogP contribution in [0, 0.1) is 0 Å². The second-order valence-corrected chi connectivity index (χ2v) is 8.73. The molecule has 3 aromatic rings. The highest BCUT2D eigenvalue weighted by Gasteiger charge is 2.34. The van der Waals surface area contributed by atoms with E-state index in [2.05, 4.69) is 15.5 Å². The first-order valence-electron chi connectivity index (χ1n) is 9.33. The summed E-state index contributed by atoms with van der Waals surface area (Å²) < 4.78 is 41.5. The molecule has 0 saturated carbocycles. The Bertz CT molecular complexity index is 1190. The molecule has 0 radical (unpaired) electrons. The Morgan fingerprint density at radius 2 is 1.97 bits per heavy atom. The molecule has 2 heterocycles.